The van der Waals surface area contributed by atoms with E-state index in [0.29, 0.717) is 10.6 Å². The van der Waals surface area contributed by atoms with Crippen LogP contribution in [0, 0.1) is 23.7 Å². The second kappa shape index (κ2) is 7.11. The maximum atomic E-state index is 13.1. The molecule has 4 atom stereocenters. The molecule has 1 aromatic rings. The molecule has 1 saturated carbocycles. The van der Waals surface area contributed by atoms with Crippen LogP contribution in [0.25, 0.3) is 0 Å². The molecular weight excluding hydrogens is 366 g/mol. The van der Waals surface area contributed by atoms with Crippen molar-refractivity contribution in [2.75, 3.05) is 11.9 Å². The third kappa shape index (κ3) is 3.08. The summed E-state index contributed by atoms with van der Waals surface area (Å²) in [4.78, 5) is 38.5. The number of amides is 1. The smallest absolute Gasteiger partial charge is 0.341 e. The second-order valence-corrected chi connectivity index (χ2v) is 8.56. The Morgan fingerprint density at radius 2 is 1.89 bits per heavy atom. The van der Waals surface area contributed by atoms with Gasteiger partial charge >= 0.3 is 11.9 Å². The Kier molecular flexibility index (Phi) is 4.80. The number of nitrogens with one attached hydrogen (secondary N) is 1. The number of carbonyl (C=O) groups excluding carboxylic acids is 2. The quantitative estimate of drug-likeness (QED) is 0.596. The van der Waals surface area contributed by atoms with Crippen LogP contribution in [-0.4, -0.2) is 29.6 Å². The van der Waals surface area contributed by atoms with E-state index in [9.17, 15) is 19.5 Å². The molecule has 2 N–H and O–H groups in total. The zero-order valence-corrected chi connectivity index (χ0v) is 16.0. The van der Waals surface area contributed by atoms with Crippen LogP contribution in [0.5, 0.6) is 0 Å². The summed E-state index contributed by atoms with van der Waals surface area (Å²) in [6.45, 7) is 2.03. The minimum atomic E-state index is -0.923. The summed E-state index contributed by atoms with van der Waals surface area (Å²) in [5.74, 6) is -3.09. The zero-order valence-electron chi connectivity index (χ0n) is 15.2. The molecule has 0 saturated heterocycles. The number of rotatable bonds is 5. The minimum Gasteiger partial charge on any atom is -0.481 e. The maximum absolute atomic E-state index is 13.1. The molecule has 6 nitrogen and oxygen atoms in total. The highest BCUT2D eigenvalue weighted by Crippen LogP contribution is 2.46. The van der Waals surface area contributed by atoms with Gasteiger partial charge in [0.25, 0.3) is 0 Å². The van der Waals surface area contributed by atoms with E-state index in [4.69, 9.17) is 4.74 Å². The Bertz CT molecular complexity index is 827. The first-order chi connectivity index (χ1) is 13.0. The van der Waals surface area contributed by atoms with E-state index in [-0.39, 0.29) is 24.3 Å². The normalized spacial score (nSPS) is 28.0. The predicted octanol–water partition coefficient (Wildman–Crippen LogP) is 3.27. The Labute approximate surface area is 161 Å². The third-order valence-corrected chi connectivity index (χ3v) is 7.18. The van der Waals surface area contributed by atoms with Crippen molar-refractivity contribution in [2.24, 2.45) is 23.7 Å². The van der Waals surface area contributed by atoms with Crippen LogP contribution in [0.1, 0.15) is 47.0 Å². The molecule has 5 rings (SSSR count). The topological polar surface area (TPSA) is 92.7 Å². The van der Waals surface area contributed by atoms with Gasteiger partial charge < -0.3 is 15.2 Å². The van der Waals surface area contributed by atoms with Crippen LogP contribution in [-0.2, 0) is 27.2 Å². The molecule has 0 unspecified atom stereocenters. The lowest BCUT2D eigenvalue weighted by Crippen LogP contribution is -2.47. The fraction of sp³-hybridized carbons (Fsp3) is 0.550. The number of allylic oxidation sites excluding steroid dienone is 2. The Morgan fingerprint density at radius 1 is 1.19 bits per heavy atom. The van der Waals surface area contributed by atoms with Crippen LogP contribution < -0.4 is 5.32 Å². The van der Waals surface area contributed by atoms with Crippen molar-refractivity contribution >= 4 is 34.2 Å². The summed E-state index contributed by atoms with van der Waals surface area (Å²) in [6.07, 6.45) is 8.28. The number of esters is 1. The minimum absolute atomic E-state index is 0.0612. The van der Waals surface area contributed by atoms with E-state index in [0.717, 1.165) is 42.5 Å². The van der Waals surface area contributed by atoms with Crippen molar-refractivity contribution in [3.63, 3.8) is 0 Å². The van der Waals surface area contributed by atoms with Crippen LogP contribution in [0.2, 0.25) is 0 Å². The van der Waals surface area contributed by atoms with Gasteiger partial charge in [0.05, 0.1) is 24.0 Å². The van der Waals surface area contributed by atoms with Gasteiger partial charge in [-0.1, -0.05) is 12.2 Å². The molecule has 1 fully saturated rings. The monoisotopic (exact) mass is 389 g/mol. The number of hydrogen-bond acceptors (Lipinski definition) is 5. The highest BCUT2D eigenvalue weighted by atomic mass is 32.1. The van der Waals surface area contributed by atoms with Crippen LogP contribution >= 0.6 is 11.3 Å². The number of aryl methyl sites for hydroxylation is 1. The number of aliphatic carboxylic acids is 1. The lowest BCUT2D eigenvalue weighted by atomic mass is 9.62. The Balaban J connectivity index is 1.63. The van der Waals surface area contributed by atoms with Gasteiger partial charge in [0.1, 0.15) is 5.00 Å². The van der Waals surface area contributed by atoms with E-state index in [2.05, 4.69) is 5.32 Å². The summed E-state index contributed by atoms with van der Waals surface area (Å²) in [5, 5.41) is 13.1. The van der Waals surface area contributed by atoms with Crippen molar-refractivity contribution in [3.8, 4) is 0 Å². The molecule has 1 heterocycles. The van der Waals surface area contributed by atoms with E-state index >= 15 is 0 Å². The van der Waals surface area contributed by atoms with Crippen LogP contribution in [0.4, 0.5) is 5.00 Å². The Morgan fingerprint density at radius 3 is 2.52 bits per heavy atom. The number of carbonyl (C=O) groups is 3. The van der Waals surface area contributed by atoms with Gasteiger partial charge in [0, 0.05) is 4.88 Å². The number of carboxylic acids is 1. The number of anilines is 1. The average Bonchev–Trinajstić information content (AvgIpc) is 3.22. The van der Waals surface area contributed by atoms with E-state index in [1.165, 1.54) is 11.3 Å². The van der Waals surface area contributed by atoms with E-state index < -0.39 is 23.8 Å². The number of hydrogen-bond donors (Lipinski definition) is 2. The molecule has 2 bridgehead atoms. The molecular formula is C20H23NO5S. The summed E-state index contributed by atoms with van der Waals surface area (Å²) >= 11 is 1.43. The van der Waals surface area contributed by atoms with Crippen LogP contribution in [0.15, 0.2) is 12.2 Å². The zero-order chi connectivity index (χ0) is 19.1. The van der Waals surface area contributed by atoms with Gasteiger partial charge in [-0.2, -0.15) is 0 Å². The number of thiophene rings is 1. The molecule has 0 aliphatic heterocycles. The van der Waals surface area contributed by atoms with Crippen molar-refractivity contribution in [1.29, 1.82) is 0 Å². The van der Waals surface area contributed by atoms with Crippen molar-refractivity contribution < 1.29 is 24.2 Å². The fourth-order valence-corrected chi connectivity index (χ4v) is 6.08. The molecule has 1 amide bonds. The summed E-state index contributed by atoms with van der Waals surface area (Å²) in [6, 6.07) is 0. The predicted molar refractivity (Wildman–Crippen MR) is 101 cm³/mol. The van der Waals surface area contributed by atoms with Gasteiger partial charge in [-0.3, -0.25) is 9.59 Å². The standard InChI is InChI=1S/C20H23NO5S/c1-2-26-20(25)16-12-4-3-5-13(12)27-18(16)21-17(22)14-10-6-8-11(9-7-10)15(14)19(23)24/h6,8,10-11,14-15H,2-5,7,9H2,1H3,(H,21,22)(H,23,24)/t10-,11+,14+,15+/m1/s1. The van der Waals surface area contributed by atoms with Gasteiger partial charge in [-0.05, 0) is 56.4 Å². The molecule has 1 aromatic heterocycles. The molecule has 4 aliphatic rings. The average molecular weight is 389 g/mol. The molecule has 4 aliphatic carbocycles. The molecule has 144 valence electrons. The Hall–Kier alpha value is -2.15. The van der Waals surface area contributed by atoms with E-state index in [1.54, 1.807) is 6.92 Å². The maximum Gasteiger partial charge on any atom is 0.341 e. The van der Waals surface area contributed by atoms with Gasteiger partial charge in [-0.15, -0.1) is 11.3 Å². The third-order valence-electron chi connectivity index (χ3n) is 5.97. The fourth-order valence-electron chi connectivity index (χ4n) is 4.79. The number of carboxylic acid groups (broad SMARTS) is 1. The van der Waals surface area contributed by atoms with Crippen molar-refractivity contribution in [3.05, 3.63) is 28.2 Å². The summed E-state index contributed by atoms with van der Waals surface area (Å²) < 4.78 is 5.20. The van der Waals surface area contributed by atoms with Crippen molar-refractivity contribution in [1.82, 2.24) is 0 Å². The van der Waals surface area contributed by atoms with E-state index in [1.807, 2.05) is 12.2 Å². The largest absolute Gasteiger partial charge is 0.481 e. The highest BCUT2D eigenvalue weighted by Gasteiger charge is 2.48. The first-order valence-electron chi connectivity index (χ1n) is 9.55. The van der Waals surface area contributed by atoms with Gasteiger partial charge in [0.2, 0.25) is 5.91 Å². The van der Waals surface area contributed by atoms with Crippen molar-refractivity contribution in [2.45, 2.75) is 39.0 Å². The molecule has 0 spiro atoms. The SMILES string of the molecule is CCOC(=O)c1c(NC(=O)[C@@H]2[C@@H](C(=O)O)[C@H]3C=C[C@@H]2CC3)sc2c1CCC2. The second-order valence-electron chi connectivity index (χ2n) is 7.45. The molecule has 27 heavy (non-hydrogen) atoms. The first kappa shape index (κ1) is 18.2. The lowest BCUT2D eigenvalue weighted by Gasteiger charge is -2.41. The number of ether oxygens (including phenoxy) is 1. The van der Waals surface area contributed by atoms with Gasteiger partial charge in [0.15, 0.2) is 0 Å². The highest BCUT2D eigenvalue weighted by molar-refractivity contribution is 7.17. The molecule has 0 aromatic carbocycles. The van der Waals surface area contributed by atoms with Gasteiger partial charge in [-0.25, -0.2) is 4.79 Å². The lowest BCUT2D eigenvalue weighted by molar-refractivity contribution is -0.151. The first-order valence-corrected chi connectivity index (χ1v) is 10.4. The summed E-state index contributed by atoms with van der Waals surface area (Å²) in [7, 11) is 0. The molecule has 0 radical (unpaired) electrons. The summed E-state index contributed by atoms with van der Waals surface area (Å²) in [5.41, 5.74) is 1.44. The molecule has 7 heteroatoms. The number of fused-ring (bicyclic) bond motifs is 3. The van der Waals surface area contributed by atoms with Crippen LogP contribution in [0.3, 0.4) is 0 Å².